The molecule has 0 radical (unpaired) electrons. The van der Waals surface area contributed by atoms with Crippen molar-refractivity contribution < 1.29 is 0 Å². The molecule has 0 atom stereocenters. The minimum absolute atomic E-state index is 0.479. The fraction of sp³-hybridized carbons (Fsp3) is 0.615. The van der Waals surface area contributed by atoms with Gasteiger partial charge < -0.3 is 10.2 Å². The molecule has 1 aliphatic rings. The Morgan fingerprint density at radius 3 is 2.75 bits per heavy atom. The lowest BCUT2D eigenvalue weighted by Crippen LogP contribution is -2.20. The van der Waals surface area contributed by atoms with E-state index in [1.807, 2.05) is 0 Å². The summed E-state index contributed by atoms with van der Waals surface area (Å²) >= 11 is 0. The zero-order chi connectivity index (χ0) is 11.7. The molecular formula is C13H21N3. The summed E-state index contributed by atoms with van der Waals surface area (Å²) in [7, 11) is 4.21. The van der Waals surface area contributed by atoms with Gasteiger partial charge in [0.15, 0.2) is 0 Å². The Hall–Kier alpha value is -1.25. The molecule has 0 saturated carbocycles. The van der Waals surface area contributed by atoms with Crippen LogP contribution in [-0.4, -0.2) is 25.6 Å². The van der Waals surface area contributed by atoms with Crippen LogP contribution in [0.15, 0.2) is 6.07 Å². The lowest BCUT2D eigenvalue weighted by atomic mass is 10.0. The van der Waals surface area contributed by atoms with Gasteiger partial charge in [-0.2, -0.15) is 0 Å². The first-order valence-electron chi connectivity index (χ1n) is 6.04. The number of anilines is 2. The maximum atomic E-state index is 4.72. The van der Waals surface area contributed by atoms with Crippen LogP contribution in [-0.2, 0) is 6.42 Å². The van der Waals surface area contributed by atoms with Crippen LogP contribution in [0.2, 0.25) is 0 Å². The maximum absolute atomic E-state index is 4.72. The molecule has 1 aliphatic heterocycles. The highest BCUT2D eigenvalue weighted by Crippen LogP contribution is 2.31. The largest absolute Gasteiger partial charge is 0.377 e. The number of hydrogen-bond donors (Lipinski definition) is 1. The molecule has 0 aromatic carbocycles. The van der Waals surface area contributed by atoms with Gasteiger partial charge in [0.1, 0.15) is 5.82 Å². The summed E-state index contributed by atoms with van der Waals surface area (Å²) in [6.07, 6.45) is 2.35. The van der Waals surface area contributed by atoms with Crippen LogP contribution in [0.5, 0.6) is 0 Å². The summed E-state index contributed by atoms with van der Waals surface area (Å²) in [6, 6.07) is 2.23. The third-order valence-corrected chi connectivity index (χ3v) is 3.09. The smallest absolute Gasteiger partial charge is 0.131 e. The summed E-state index contributed by atoms with van der Waals surface area (Å²) in [4.78, 5) is 6.91. The van der Waals surface area contributed by atoms with Crippen molar-refractivity contribution in [2.75, 3.05) is 30.9 Å². The molecule has 0 bridgehead atoms. The second-order valence-corrected chi connectivity index (χ2v) is 4.97. The first-order chi connectivity index (χ1) is 7.59. The zero-order valence-electron chi connectivity index (χ0n) is 10.7. The van der Waals surface area contributed by atoms with E-state index in [9.17, 15) is 0 Å². The van der Waals surface area contributed by atoms with Gasteiger partial charge in [-0.3, -0.25) is 0 Å². The highest BCUT2D eigenvalue weighted by atomic mass is 15.1. The van der Waals surface area contributed by atoms with E-state index in [1.165, 1.54) is 23.4 Å². The van der Waals surface area contributed by atoms with Crippen LogP contribution in [0, 0.1) is 0 Å². The van der Waals surface area contributed by atoms with Crippen molar-refractivity contribution in [1.29, 1.82) is 0 Å². The molecule has 2 rings (SSSR count). The summed E-state index contributed by atoms with van der Waals surface area (Å²) in [5, 5.41) is 3.42. The van der Waals surface area contributed by atoms with Gasteiger partial charge in [-0.1, -0.05) is 13.8 Å². The predicted octanol–water partition coefficient (Wildman–Crippen LogP) is 2.63. The van der Waals surface area contributed by atoms with Crippen molar-refractivity contribution in [3.05, 3.63) is 17.3 Å². The zero-order valence-corrected chi connectivity index (χ0v) is 10.7. The number of hydrogen-bond acceptors (Lipinski definition) is 3. The third-order valence-electron chi connectivity index (χ3n) is 3.09. The SMILES string of the molecule is CC(C)c1cc(N(C)C)c2c(n1)NCCC2. The van der Waals surface area contributed by atoms with Crippen LogP contribution in [0.3, 0.4) is 0 Å². The number of nitrogens with zero attached hydrogens (tertiary/aromatic N) is 2. The van der Waals surface area contributed by atoms with Crippen molar-refractivity contribution >= 4 is 11.5 Å². The van der Waals surface area contributed by atoms with Gasteiger partial charge in [0.05, 0.1) is 0 Å². The quantitative estimate of drug-likeness (QED) is 0.828. The van der Waals surface area contributed by atoms with Crippen LogP contribution in [0.1, 0.15) is 37.4 Å². The van der Waals surface area contributed by atoms with E-state index in [4.69, 9.17) is 4.98 Å². The molecule has 0 saturated heterocycles. The van der Waals surface area contributed by atoms with E-state index in [-0.39, 0.29) is 0 Å². The molecule has 0 fully saturated rings. The molecule has 88 valence electrons. The minimum atomic E-state index is 0.479. The molecule has 0 amide bonds. The fourth-order valence-corrected chi connectivity index (χ4v) is 2.14. The Balaban J connectivity index is 2.52. The standard InChI is InChI=1S/C13H21N3/c1-9(2)11-8-12(16(3)4)10-6-5-7-14-13(10)15-11/h8-9H,5-7H2,1-4H3,(H,14,15). The molecule has 16 heavy (non-hydrogen) atoms. The lowest BCUT2D eigenvalue weighted by Gasteiger charge is -2.25. The molecule has 3 heteroatoms. The van der Waals surface area contributed by atoms with Gasteiger partial charge in [0.2, 0.25) is 0 Å². The predicted molar refractivity (Wildman–Crippen MR) is 69.5 cm³/mol. The first-order valence-corrected chi connectivity index (χ1v) is 6.04. The molecule has 1 aromatic heterocycles. The van der Waals surface area contributed by atoms with Crippen molar-refractivity contribution in [2.24, 2.45) is 0 Å². The van der Waals surface area contributed by atoms with Gasteiger partial charge >= 0.3 is 0 Å². The topological polar surface area (TPSA) is 28.2 Å². The molecule has 3 nitrogen and oxygen atoms in total. The van der Waals surface area contributed by atoms with E-state index in [0.717, 1.165) is 18.8 Å². The monoisotopic (exact) mass is 219 g/mol. The molecular weight excluding hydrogens is 198 g/mol. The lowest BCUT2D eigenvalue weighted by molar-refractivity contribution is 0.780. The Bertz CT molecular complexity index is 383. The van der Waals surface area contributed by atoms with Gasteiger partial charge in [0.25, 0.3) is 0 Å². The Morgan fingerprint density at radius 2 is 2.12 bits per heavy atom. The van der Waals surface area contributed by atoms with Crippen LogP contribution in [0.25, 0.3) is 0 Å². The second-order valence-electron chi connectivity index (χ2n) is 4.97. The first kappa shape index (κ1) is 11.2. The number of fused-ring (bicyclic) bond motifs is 1. The van der Waals surface area contributed by atoms with E-state index < -0.39 is 0 Å². The molecule has 0 unspecified atom stereocenters. The molecule has 1 aromatic rings. The van der Waals surface area contributed by atoms with Crippen molar-refractivity contribution in [3.63, 3.8) is 0 Å². The summed E-state index contributed by atoms with van der Waals surface area (Å²) in [5.74, 6) is 1.58. The van der Waals surface area contributed by atoms with E-state index in [0.29, 0.717) is 5.92 Å². The van der Waals surface area contributed by atoms with Crippen LogP contribution in [0.4, 0.5) is 11.5 Å². The second kappa shape index (κ2) is 4.32. The van der Waals surface area contributed by atoms with Crippen molar-refractivity contribution in [3.8, 4) is 0 Å². The van der Waals surface area contributed by atoms with Crippen LogP contribution >= 0.6 is 0 Å². The summed E-state index contributed by atoms with van der Waals surface area (Å²) in [6.45, 7) is 5.43. The third kappa shape index (κ3) is 1.99. The van der Waals surface area contributed by atoms with Gasteiger partial charge in [-0.05, 0) is 24.8 Å². The fourth-order valence-electron chi connectivity index (χ4n) is 2.14. The van der Waals surface area contributed by atoms with Crippen molar-refractivity contribution in [2.45, 2.75) is 32.6 Å². The molecule has 1 N–H and O–H groups in total. The van der Waals surface area contributed by atoms with Crippen LogP contribution < -0.4 is 10.2 Å². The van der Waals surface area contributed by atoms with Gasteiger partial charge in [-0.25, -0.2) is 4.98 Å². The van der Waals surface area contributed by atoms with E-state index in [2.05, 4.69) is 44.2 Å². The maximum Gasteiger partial charge on any atom is 0.131 e. The average Bonchev–Trinajstić information content (AvgIpc) is 2.27. The number of nitrogens with one attached hydrogen (secondary N) is 1. The molecule has 0 spiro atoms. The minimum Gasteiger partial charge on any atom is -0.377 e. The Morgan fingerprint density at radius 1 is 1.38 bits per heavy atom. The summed E-state index contributed by atoms with van der Waals surface area (Å²) in [5.41, 5.74) is 3.87. The highest BCUT2D eigenvalue weighted by Gasteiger charge is 2.17. The number of pyridine rings is 1. The van der Waals surface area contributed by atoms with Gasteiger partial charge in [0, 0.05) is 37.6 Å². The normalized spacial score (nSPS) is 14.6. The molecule has 2 heterocycles. The summed E-state index contributed by atoms with van der Waals surface area (Å²) < 4.78 is 0. The molecule has 0 aliphatic carbocycles. The van der Waals surface area contributed by atoms with Gasteiger partial charge in [-0.15, -0.1) is 0 Å². The number of rotatable bonds is 2. The van der Waals surface area contributed by atoms with E-state index in [1.54, 1.807) is 0 Å². The average molecular weight is 219 g/mol. The Labute approximate surface area is 97.9 Å². The Kier molecular flexibility index (Phi) is 3.03. The highest BCUT2D eigenvalue weighted by molar-refractivity contribution is 5.65. The van der Waals surface area contributed by atoms with Crippen molar-refractivity contribution in [1.82, 2.24) is 4.98 Å². The van der Waals surface area contributed by atoms with E-state index >= 15 is 0 Å². The number of aromatic nitrogens is 1.